The fourth-order valence-electron chi connectivity index (χ4n) is 2.21. The molecule has 0 saturated heterocycles. The Balaban J connectivity index is 1.94. The molecule has 116 valence electrons. The zero-order chi connectivity index (χ0) is 15.9. The molecule has 0 heterocycles. The van der Waals surface area contributed by atoms with Crippen LogP contribution >= 0.6 is 11.6 Å². The Labute approximate surface area is 134 Å². The Morgan fingerprint density at radius 3 is 2.59 bits per heavy atom. The molecule has 5 heteroatoms. The summed E-state index contributed by atoms with van der Waals surface area (Å²) in [6.07, 6.45) is 0. The maximum absolute atomic E-state index is 13.7. The minimum Gasteiger partial charge on any atom is -0.324 e. The van der Waals surface area contributed by atoms with Gasteiger partial charge >= 0.3 is 0 Å². The molecule has 0 aromatic heterocycles. The minimum absolute atomic E-state index is 0.157. The number of anilines is 1. The van der Waals surface area contributed by atoms with E-state index >= 15 is 0 Å². The van der Waals surface area contributed by atoms with Crippen LogP contribution in [0.2, 0.25) is 5.02 Å². The number of carbonyl (C=O) groups excluding carboxylic acids is 1. The van der Waals surface area contributed by atoms with Crippen LogP contribution in [0.5, 0.6) is 0 Å². The van der Waals surface area contributed by atoms with Crippen LogP contribution in [0.15, 0.2) is 48.5 Å². The lowest BCUT2D eigenvalue weighted by atomic mass is 10.2. The van der Waals surface area contributed by atoms with Crippen molar-refractivity contribution in [3.63, 3.8) is 0 Å². The highest BCUT2D eigenvalue weighted by atomic mass is 35.5. The van der Waals surface area contributed by atoms with Crippen LogP contribution in [0, 0.1) is 5.82 Å². The van der Waals surface area contributed by atoms with Crippen molar-refractivity contribution in [2.45, 2.75) is 13.5 Å². The molecule has 0 spiro atoms. The van der Waals surface area contributed by atoms with Crippen molar-refractivity contribution >= 4 is 23.2 Å². The molecule has 2 aromatic rings. The van der Waals surface area contributed by atoms with E-state index in [9.17, 15) is 9.18 Å². The SMILES string of the molecule is CC[NH+](CC(=O)Nc1ccc(Cl)cc1F)Cc1ccccc1. The van der Waals surface area contributed by atoms with E-state index in [0.717, 1.165) is 18.0 Å². The van der Waals surface area contributed by atoms with E-state index in [1.807, 2.05) is 37.3 Å². The lowest BCUT2D eigenvalue weighted by Gasteiger charge is -2.17. The molecular weight excluding hydrogens is 303 g/mol. The number of hydrogen-bond donors (Lipinski definition) is 2. The van der Waals surface area contributed by atoms with E-state index in [2.05, 4.69) is 5.32 Å². The highest BCUT2D eigenvalue weighted by molar-refractivity contribution is 6.30. The molecular formula is C17H19ClFN2O+. The molecule has 2 N–H and O–H groups in total. The Hall–Kier alpha value is -1.91. The lowest BCUT2D eigenvalue weighted by Crippen LogP contribution is -3.11. The van der Waals surface area contributed by atoms with Gasteiger partial charge in [-0.05, 0) is 25.1 Å². The second kappa shape index (κ2) is 7.92. The predicted molar refractivity (Wildman–Crippen MR) is 86.6 cm³/mol. The number of amides is 1. The first-order valence-electron chi connectivity index (χ1n) is 7.21. The number of nitrogens with one attached hydrogen (secondary N) is 2. The summed E-state index contributed by atoms with van der Waals surface area (Å²) in [7, 11) is 0. The molecule has 0 aliphatic rings. The largest absolute Gasteiger partial charge is 0.324 e. The van der Waals surface area contributed by atoms with E-state index < -0.39 is 5.82 Å². The molecule has 1 atom stereocenters. The summed E-state index contributed by atoms with van der Waals surface area (Å²) < 4.78 is 13.7. The van der Waals surface area contributed by atoms with Crippen molar-refractivity contribution < 1.29 is 14.1 Å². The van der Waals surface area contributed by atoms with Gasteiger partial charge in [-0.3, -0.25) is 4.79 Å². The van der Waals surface area contributed by atoms with E-state index in [1.54, 1.807) is 6.07 Å². The van der Waals surface area contributed by atoms with Crippen molar-refractivity contribution in [3.05, 3.63) is 64.9 Å². The average molecular weight is 322 g/mol. The van der Waals surface area contributed by atoms with Crippen LogP contribution in [-0.2, 0) is 11.3 Å². The molecule has 0 bridgehead atoms. The summed E-state index contributed by atoms with van der Waals surface area (Å²) in [4.78, 5) is 13.2. The van der Waals surface area contributed by atoms with Gasteiger partial charge in [-0.25, -0.2) is 4.39 Å². The summed E-state index contributed by atoms with van der Waals surface area (Å²) in [5, 5.41) is 2.90. The molecule has 0 saturated carbocycles. The predicted octanol–water partition coefficient (Wildman–Crippen LogP) is 2.52. The number of halogens is 2. The van der Waals surface area contributed by atoms with Crippen molar-refractivity contribution in [3.8, 4) is 0 Å². The normalized spacial score (nSPS) is 12.0. The highest BCUT2D eigenvalue weighted by Gasteiger charge is 2.14. The average Bonchev–Trinajstić information content (AvgIpc) is 2.50. The fraction of sp³-hybridized carbons (Fsp3) is 0.235. The summed E-state index contributed by atoms with van der Waals surface area (Å²) in [6, 6.07) is 14.2. The summed E-state index contributed by atoms with van der Waals surface area (Å²) in [5.41, 5.74) is 1.33. The summed E-state index contributed by atoms with van der Waals surface area (Å²) in [5.74, 6) is -0.740. The molecule has 1 amide bonds. The highest BCUT2D eigenvalue weighted by Crippen LogP contribution is 2.18. The van der Waals surface area contributed by atoms with Gasteiger partial charge in [0.05, 0.1) is 12.2 Å². The van der Waals surface area contributed by atoms with Gasteiger partial charge in [0.25, 0.3) is 5.91 Å². The molecule has 2 rings (SSSR count). The van der Waals surface area contributed by atoms with E-state index in [-0.39, 0.29) is 18.1 Å². The summed E-state index contributed by atoms with van der Waals surface area (Å²) in [6.45, 7) is 3.88. The van der Waals surface area contributed by atoms with Crippen LogP contribution in [0.25, 0.3) is 0 Å². The first-order chi connectivity index (χ1) is 10.6. The molecule has 2 aromatic carbocycles. The molecule has 22 heavy (non-hydrogen) atoms. The molecule has 0 fully saturated rings. The maximum atomic E-state index is 13.7. The van der Waals surface area contributed by atoms with Crippen molar-refractivity contribution in [1.29, 1.82) is 0 Å². The van der Waals surface area contributed by atoms with Gasteiger partial charge in [0.15, 0.2) is 6.54 Å². The van der Waals surface area contributed by atoms with Crippen molar-refractivity contribution in [2.75, 3.05) is 18.4 Å². The van der Waals surface area contributed by atoms with Crippen LogP contribution < -0.4 is 10.2 Å². The van der Waals surface area contributed by atoms with Crippen molar-refractivity contribution in [1.82, 2.24) is 0 Å². The van der Waals surface area contributed by atoms with Crippen LogP contribution in [-0.4, -0.2) is 19.0 Å². The quantitative estimate of drug-likeness (QED) is 0.842. The number of hydrogen-bond acceptors (Lipinski definition) is 1. The number of likely N-dealkylation sites (N-methyl/N-ethyl adjacent to an activating group) is 1. The maximum Gasteiger partial charge on any atom is 0.279 e. The van der Waals surface area contributed by atoms with Gasteiger partial charge in [0, 0.05) is 10.6 Å². The Morgan fingerprint density at radius 2 is 1.95 bits per heavy atom. The Morgan fingerprint density at radius 1 is 1.23 bits per heavy atom. The standard InChI is InChI=1S/C17H18ClFN2O/c1-2-21(11-13-6-4-3-5-7-13)12-17(22)20-16-9-8-14(18)10-15(16)19/h3-10H,2,11-12H2,1H3,(H,20,22)/p+1. The Kier molecular flexibility index (Phi) is 5.92. The monoisotopic (exact) mass is 321 g/mol. The Bertz CT molecular complexity index is 634. The molecule has 0 aliphatic heterocycles. The lowest BCUT2D eigenvalue weighted by molar-refractivity contribution is -0.903. The van der Waals surface area contributed by atoms with Crippen LogP contribution in [0.4, 0.5) is 10.1 Å². The molecule has 0 radical (unpaired) electrons. The first-order valence-corrected chi connectivity index (χ1v) is 7.58. The van der Waals surface area contributed by atoms with Crippen LogP contribution in [0.1, 0.15) is 12.5 Å². The summed E-state index contributed by atoms with van der Waals surface area (Å²) >= 11 is 5.69. The van der Waals surface area contributed by atoms with Gasteiger partial charge < -0.3 is 10.2 Å². The van der Waals surface area contributed by atoms with Crippen molar-refractivity contribution in [2.24, 2.45) is 0 Å². The van der Waals surface area contributed by atoms with Gasteiger partial charge in [-0.1, -0.05) is 41.9 Å². The molecule has 3 nitrogen and oxygen atoms in total. The second-order valence-corrected chi connectivity index (χ2v) is 5.55. The zero-order valence-electron chi connectivity index (χ0n) is 12.4. The topological polar surface area (TPSA) is 33.5 Å². The van der Waals surface area contributed by atoms with E-state index in [1.165, 1.54) is 17.7 Å². The number of rotatable bonds is 6. The van der Waals surface area contributed by atoms with Gasteiger partial charge in [-0.2, -0.15) is 0 Å². The van der Waals surface area contributed by atoms with Gasteiger partial charge in [-0.15, -0.1) is 0 Å². The van der Waals surface area contributed by atoms with Crippen LogP contribution in [0.3, 0.4) is 0 Å². The molecule has 0 aliphatic carbocycles. The number of benzene rings is 2. The number of carbonyl (C=O) groups is 1. The smallest absolute Gasteiger partial charge is 0.279 e. The third-order valence-electron chi connectivity index (χ3n) is 3.41. The van der Waals surface area contributed by atoms with Gasteiger partial charge in [0.2, 0.25) is 0 Å². The number of quaternary nitrogens is 1. The van der Waals surface area contributed by atoms with E-state index in [0.29, 0.717) is 5.02 Å². The fourth-order valence-corrected chi connectivity index (χ4v) is 2.37. The third kappa shape index (κ3) is 4.83. The second-order valence-electron chi connectivity index (χ2n) is 5.12. The van der Waals surface area contributed by atoms with E-state index in [4.69, 9.17) is 11.6 Å². The van der Waals surface area contributed by atoms with Gasteiger partial charge in [0.1, 0.15) is 12.4 Å². The molecule has 1 unspecified atom stereocenters. The minimum atomic E-state index is -0.526. The zero-order valence-corrected chi connectivity index (χ0v) is 13.2. The third-order valence-corrected chi connectivity index (χ3v) is 3.65. The first kappa shape index (κ1) is 16.5.